The molecule has 1 aliphatic rings. The maximum absolute atomic E-state index is 13.2. The molecule has 0 spiro atoms. The molecular weight excluding hydrogens is 430 g/mol. The van der Waals surface area contributed by atoms with E-state index in [-0.39, 0.29) is 5.91 Å². The predicted molar refractivity (Wildman–Crippen MR) is 134 cm³/mol. The maximum atomic E-state index is 13.2. The first-order valence-corrected chi connectivity index (χ1v) is 11.6. The van der Waals surface area contributed by atoms with Crippen molar-refractivity contribution >= 4 is 17.4 Å². The highest BCUT2D eigenvalue weighted by Crippen LogP contribution is 2.27. The number of hydrogen-bond acceptors (Lipinski definition) is 6. The summed E-state index contributed by atoms with van der Waals surface area (Å²) in [6.07, 6.45) is 1.52. The van der Waals surface area contributed by atoms with Gasteiger partial charge < -0.3 is 25.0 Å². The van der Waals surface area contributed by atoms with E-state index >= 15 is 0 Å². The quantitative estimate of drug-likeness (QED) is 0.472. The molecule has 0 bridgehead atoms. The van der Waals surface area contributed by atoms with E-state index in [2.05, 4.69) is 39.6 Å². The summed E-state index contributed by atoms with van der Waals surface area (Å²) in [7, 11) is 3.29. The van der Waals surface area contributed by atoms with Crippen LogP contribution in [0.2, 0.25) is 0 Å². The minimum Gasteiger partial charge on any atom is -0.497 e. The average Bonchev–Trinajstić information content (AvgIpc) is 3.29. The molecule has 3 N–H and O–H groups in total. The van der Waals surface area contributed by atoms with Crippen molar-refractivity contribution in [2.75, 3.05) is 37.5 Å². The highest BCUT2D eigenvalue weighted by molar-refractivity contribution is 6.07. The van der Waals surface area contributed by atoms with Crippen LogP contribution >= 0.6 is 0 Å². The summed E-state index contributed by atoms with van der Waals surface area (Å²) in [5.74, 6) is 1.88. The van der Waals surface area contributed by atoms with Crippen molar-refractivity contribution in [3.8, 4) is 11.5 Å². The largest absolute Gasteiger partial charge is 0.497 e. The van der Waals surface area contributed by atoms with Crippen LogP contribution in [0.4, 0.5) is 11.5 Å². The number of H-pyrrole nitrogens is 1. The van der Waals surface area contributed by atoms with Crippen LogP contribution in [0.15, 0.2) is 48.5 Å². The van der Waals surface area contributed by atoms with E-state index in [1.165, 1.54) is 0 Å². The number of aromatic nitrogens is 2. The molecular formula is C26H33N5O3. The number of amides is 1. The summed E-state index contributed by atoms with van der Waals surface area (Å²) in [6.45, 7) is 6.13. The van der Waals surface area contributed by atoms with E-state index in [4.69, 9.17) is 9.47 Å². The van der Waals surface area contributed by atoms with Gasteiger partial charge in [0.25, 0.3) is 5.91 Å². The van der Waals surface area contributed by atoms with Crippen molar-refractivity contribution in [3.63, 3.8) is 0 Å². The van der Waals surface area contributed by atoms with E-state index in [1.807, 2.05) is 48.5 Å². The Bertz CT molecular complexity index is 1100. The fourth-order valence-corrected chi connectivity index (χ4v) is 4.52. The Kier molecular flexibility index (Phi) is 7.37. The highest BCUT2D eigenvalue weighted by Gasteiger charge is 2.27. The van der Waals surface area contributed by atoms with Gasteiger partial charge in [-0.3, -0.25) is 9.89 Å². The number of carbonyl (C=O) groups is 1. The molecule has 0 unspecified atom stereocenters. The topological polar surface area (TPSA) is 91.5 Å². The molecule has 8 nitrogen and oxygen atoms in total. The molecule has 1 fully saturated rings. The zero-order valence-electron chi connectivity index (χ0n) is 20.2. The van der Waals surface area contributed by atoms with Gasteiger partial charge in [-0.25, -0.2) is 0 Å². The van der Waals surface area contributed by atoms with Gasteiger partial charge in [0.1, 0.15) is 11.5 Å². The van der Waals surface area contributed by atoms with Crippen LogP contribution in [-0.2, 0) is 12.8 Å². The van der Waals surface area contributed by atoms with Crippen LogP contribution in [0, 0.1) is 0 Å². The van der Waals surface area contributed by atoms with Gasteiger partial charge in [0, 0.05) is 43.0 Å². The Morgan fingerprint density at radius 1 is 1.03 bits per heavy atom. The Labute approximate surface area is 200 Å². The molecule has 8 heteroatoms. The molecule has 2 heterocycles. The van der Waals surface area contributed by atoms with E-state index in [1.54, 1.807) is 14.2 Å². The Balaban J connectivity index is 1.44. The summed E-state index contributed by atoms with van der Waals surface area (Å²) in [5.41, 5.74) is 3.64. The lowest BCUT2D eigenvalue weighted by molar-refractivity contribution is 0.102. The molecule has 3 aromatic rings. The standard InChI is InChI=1S/C26H33N5O3/c1-17-15-27-16-18(2)31(17)24-8-6-5-7-23(24)26(32)28-25-13-20(29-30-25)10-9-19-11-21(33-3)14-22(12-19)34-4/h5-8,11-14,17-18,27H,9-10,15-16H2,1-4H3,(H2,28,29,30,32)/t17-,18+. The minimum absolute atomic E-state index is 0.163. The van der Waals surface area contributed by atoms with Gasteiger partial charge in [0.05, 0.1) is 25.5 Å². The van der Waals surface area contributed by atoms with Crippen molar-refractivity contribution < 1.29 is 14.3 Å². The summed E-state index contributed by atoms with van der Waals surface area (Å²) >= 11 is 0. The van der Waals surface area contributed by atoms with Gasteiger partial charge in [-0.05, 0) is 56.5 Å². The summed E-state index contributed by atoms with van der Waals surface area (Å²) in [5, 5.41) is 13.7. The maximum Gasteiger partial charge on any atom is 0.258 e. The molecule has 1 aliphatic heterocycles. The number of benzene rings is 2. The molecule has 0 aliphatic carbocycles. The lowest BCUT2D eigenvalue weighted by Gasteiger charge is -2.42. The molecule has 0 saturated carbocycles. The van der Waals surface area contributed by atoms with Crippen LogP contribution in [0.25, 0.3) is 0 Å². The molecule has 1 saturated heterocycles. The Hall–Kier alpha value is -3.52. The second kappa shape index (κ2) is 10.6. The Morgan fingerprint density at radius 3 is 2.38 bits per heavy atom. The first-order chi connectivity index (χ1) is 16.5. The van der Waals surface area contributed by atoms with Crippen LogP contribution in [0.5, 0.6) is 11.5 Å². The van der Waals surface area contributed by atoms with Crippen molar-refractivity contribution in [2.45, 2.75) is 38.8 Å². The number of carbonyl (C=O) groups excluding carboxylic acids is 1. The van der Waals surface area contributed by atoms with Crippen molar-refractivity contribution in [3.05, 3.63) is 65.4 Å². The third-order valence-corrected chi connectivity index (χ3v) is 6.22. The average molecular weight is 464 g/mol. The van der Waals surface area contributed by atoms with E-state index in [9.17, 15) is 4.79 Å². The van der Waals surface area contributed by atoms with Gasteiger partial charge in [-0.2, -0.15) is 5.10 Å². The second-order valence-corrected chi connectivity index (χ2v) is 8.73. The summed E-state index contributed by atoms with van der Waals surface area (Å²) < 4.78 is 10.7. The number of hydrogen-bond donors (Lipinski definition) is 3. The number of aryl methyl sites for hydroxylation is 2. The number of aromatic amines is 1. The number of para-hydroxylation sites is 1. The molecule has 34 heavy (non-hydrogen) atoms. The van der Waals surface area contributed by atoms with Crippen molar-refractivity contribution in [2.24, 2.45) is 0 Å². The van der Waals surface area contributed by atoms with Gasteiger partial charge in [-0.15, -0.1) is 0 Å². The normalized spacial score (nSPS) is 17.9. The number of methoxy groups -OCH3 is 2. The minimum atomic E-state index is -0.163. The smallest absolute Gasteiger partial charge is 0.258 e. The Morgan fingerprint density at radius 2 is 1.71 bits per heavy atom. The lowest BCUT2D eigenvalue weighted by Crippen LogP contribution is -2.55. The van der Waals surface area contributed by atoms with Crippen molar-refractivity contribution in [1.82, 2.24) is 15.5 Å². The van der Waals surface area contributed by atoms with Crippen molar-refractivity contribution in [1.29, 1.82) is 0 Å². The summed E-state index contributed by atoms with van der Waals surface area (Å²) in [6, 6.07) is 16.1. The first-order valence-electron chi connectivity index (χ1n) is 11.6. The van der Waals surface area contributed by atoms with Gasteiger partial charge in [0.15, 0.2) is 5.82 Å². The van der Waals surface area contributed by atoms with E-state index in [0.717, 1.165) is 54.4 Å². The zero-order chi connectivity index (χ0) is 24.1. The zero-order valence-corrected chi connectivity index (χ0v) is 20.2. The van der Waals surface area contributed by atoms with E-state index < -0.39 is 0 Å². The third-order valence-electron chi connectivity index (χ3n) is 6.22. The number of piperazine rings is 1. The van der Waals surface area contributed by atoms with Gasteiger partial charge in [0.2, 0.25) is 0 Å². The number of nitrogens with one attached hydrogen (secondary N) is 3. The van der Waals surface area contributed by atoms with Crippen LogP contribution in [-0.4, -0.2) is 55.5 Å². The number of anilines is 2. The van der Waals surface area contributed by atoms with Crippen LogP contribution in [0.3, 0.4) is 0 Å². The van der Waals surface area contributed by atoms with Crippen LogP contribution in [0.1, 0.15) is 35.5 Å². The highest BCUT2D eigenvalue weighted by atomic mass is 16.5. The SMILES string of the molecule is COc1cc(CCc2cc(NC(=O)c3ccccc3N3[C@H](C)CNC[C@@H]3C)n[nH]2)cc(OC)c1. The molecule has 2 atom stereocenters. The molecule has 180 valence electrons. The van der Waals surface area contributed by atoms with Gasteiger partial charge in [-0.1, -0.05) is 12.1 Å². The molecule has 1 aromatic heterocycles. The molecule has 0 radical (unpaired) electrons. The molecule has 1 amide bonds. The first kappa shape index (κ1) is 23.6. The number of nitrogens with zero attached hydrogens (tertiary/aromatic N) is 2. The molecule has 4 rings (SSSR count). The summed E-state index contributed by atoms with van der Waals surface area (Å²) in [4.78, 5) is 15.5. The third kappa shape index (κ3) is 5.34. The van der Waals surface area contributed by atoms with Crippen LogP contribution < -0.4 is 25.0 Å². The lowest BCUT2D eigenvalue weighted by atomic mass is 10.0. The number of rotatable bonds is 8. The van der Waals surface area contributed by atoms with Gasteiger partial charge >= 0.3 is 0 Å². The predicted octanol–water partition coefficient (Wildman–Crippen LogP) is 3.65. The monoisotopic (exact) mass is 463 g/mol. The molecule has 2 aromatic carbocycles. The fourth-order valence-electron chi connectivity index (χ4n) is 4.52. The number of ether oxygens (including phenoxy) is 2. The van der Waals surface area contributed by atoms with E-state index in [0.29, 0.717) is 23.5 Å². The fraction of sp³-hybridized carbons (Fsp3) is 0.385. The second-order valence-electron chi connectivity index (χ2n) is 8.73.